The number of carbonyl (C=O) groups is 1. The number of ketones is 1. The Kier molecular flexibility index (Phi) is 16.2. The number of ether oxygens (including phenoxy) is 4. The molecule has 0 bridgehead atoms. The predicted octanol–water partition coefficient (Wildman–Crippen LogP) is 0.0631. The summed E-state index contributed by atoms with van der Waals surface area (Å²) in [5.74, 6) is 0.0993. The third-order valence-electron chi connectivity index (χ3n) is 3.60. The van der Waals surface area contributed by atoms with Gasteiger partial charge >= 0.3 is 0 Å². The Morgan fingerprint density at radius 1 is 0.885 bits per heavy atom. The van der Waals surface area contributed by atoms with Gasteiger partial charge in [-0.2, -0.15) is 0 Å². The van der Waals surface area contributed by atoms with Gasteiger partial charge in [-0.1, -0.05) is 0 Å². The van der Waals surface area contributed by atoms with Crippen molar-refractivity contribution in [3.05, 3.63) is 0 Å². The zero-order valence-corrected chi connectivity index (χ0v) is 16.5. The highest BCUT2D eigenvalue weighted by atomic mass is 16.5. The van der Waals surface area contributed by atoms with E-state index in [1.807, 2.05) is 6.92 Å². The van der Waals surface area contributed by atoms with Gasteiger partial charge in [-0.05, 0) is 39.8 Å². The molecule has 0 aliphatic carbocycles. The van der Waals surface area contributed by atoms with Crippen LogP contribution in [0.15, 0.2) is 0 Å². The Bertz CT molecular complexity index is 331. The fraction of sp³-hybridized carbons (Fsp3) is 0.944. The number of hydrogen-bond donors (Lipinski definition) is 3. The van der Waals surface area contributed by atoms with Crippen molar-refractivity contribution < 1.29 is 23.7 Å². The van der Waals surface area contributed by atoms with Gasteiger partial charge in [0.2, 0.25) is 0 Å². The minimum absolute atomic E-state index is 0.0531. The standard InChI is InChI=1S/C18H39N3O5/c1-16(21)11-26-15-18(12-23-8-3-6-19,13-24-9-4-7-20)14-25-10-5-17(2)22/h16H,3-15,19-21H2,1-2H3. The second kappa shape index (κ2) is 16.6. The molecular formula is C18H39N3O5. The van der Waals surface area contributed by atoms with Crippen LogP contribution in [0, 0.1) is 5.41 Å². The van der Waals surface area contributed by atoms with E-state index in [1.54, 1.807) is 6.92 Å². The molecule has 0 radical (unpaired) electrons. The van der Waals surface area contributed by atoms with Gasteiger partial charge in [-0.15, -0.1) is 0 Å². The number of nitrogens with two attached hydrogens (primary N) is 3. The molecule has 0 aromatic carbocycles. The molecule has 0 saturated heterocycles. The highest BCUT2D eigenvalue weighted by Crippen LogP contribution is 2.21. The van der Waals surface area contributed by atoms with Crippen LogP contribution in [-0.4, -0.2) is 77.8 Å². The van der Waals surface area contributed by atoms with Crippen LogP contribution in [-0.2, 0) is 23.7 Å². The van der Waals surface area contributed by atoms with Crippen LogP contribution >= 0.6 is 0 Å². The largest absolute Gasteiger partial charge is 0.381 e. The van der Waals surface area contributed by atoms with Gasteiger partial charge in [-0.3, -0.25) is 4.79 Å². The normalized spacial score (nSPS) is 13.1. The minimum atomic E-state index is -0.463. The van der Waals surface area contributed by atoms with Gasteiger partial charge in [0, 0.05) is 25.7 Å². The van der Waals surface area contributed by atoms with Crippen LogP contribution in [0.3, 0.4) is 0 Å². The summed E-state index contributed by atoms with van der Waals surface area (Å²) in [7, 11) is 0. The summed E-state index contributed by atoms with van der Waals surface area (Å²) < 4.78 is 23.1. The molecule has 8 heteroatoms. The maximum atomic E-state index is 11.1. The summed E-state index contributed by atoms with van der Waals surface area (Å²) >= 11 is 0. The average molecular weight is 378 g/mol. The summed E-state index contributed by atoms with van der Waals surface area (Å²) in [5, 5.41) is 0. The first-order chi connectivity index (χ1) is 12.5. The molecule has 0 heterocycles. The Morgan fingerprint density at radius 2 is 1.35 bits per heavy atom. The van der Waals surface area contributed by atoms with Gasteiger partial charge < -0.3 is 36.1 Å². The topological polar surface area (TPSA) is 132 Å². The summed E-state index contributed by atoms with van der Waals surface area (Å²) in [4.78, 5) is 11.1. The Morgan fingerprint density at radius 3 is 1.77 bits per heavy atom. The van der Waals surface area contributed by atoms with Crippen molar-refractivity contribution in [3.8, 4) is 0 Å². The third-order valence-corrected chi connectivity index (χ3v) is 3.60. The molecule has 0 spiro atoms. The highest BCUT2D eigenvalue weighted by Gasteiger charge is 2.32. The zero-order chi connectivity index (χ0) is 19.7. The van der Waals surface area contributed by atoms with Crippen molar-refractivity contribution >= 4 is 5.78 Å². The fourth-order valence-electron chi connectivity index (χ4n) is 2.16. The summed E-state index contributed by atoms with van der Waals surface area (Å²) in [5.41, 5.74) is 16.3. The average Bonchev–Trinajstić information content (AvgIpc) is 2.59. The highest BCUT2D eigenvalue weighted by molar-refractivity contribution is 5.75. The van der Waals surface area contributed by atoms with E-state index in [9.17, 15) is 4.79 Å². The van der Waals surface area contributed by atoms with Crippen molar-refractivity contribution in [3.63, 3.8) is 0 Å². The smallest absolute Gasteiger partial charge is 0.132 e. The Hall–Kier alpha value is -0.610. The molecule has 0 aliphatic rings. The maximum Gasteiger partial charge on any atom is 0.132 e. The molecule has 0 fully saturated rings. The first-order valence-corrected chi connectivity index (χ1v) is 9.42. The molecule has 0 saturated carbocycles. The van der Waals surface area contributed by atoms with Crippen LogP contribution in [0.2, 0.25) is 0 Å². The van der Waals surface area contributed by atoms with Gasteiger partial charge in [0.15, 0.2) is 0 Å². The molecule has 0 amide bonds. The zero-order valence-electron chi connectivity index (χ0n) is 16.5. The lowest BCUT2D eigenvalue weighted by Crippen LogP contribution is -2.43. The van der Waals surface area contributed by atoms with E-state index in [-0.39, 0.29) is 11.8 Å². The van der Waals surface area contributed by atoms with Crippen LogP contribution in [0.1, 0.15) is 33.1 Å². The second-order valence-electron chi connectivity index (χ2n) is 6.89. The van der Waals surface area contributed by atoms with E-state index in [4.69, 9.17) is 36.1 Å². The summed E-state index contributed by atoms with van der Waals surface area (Å²) in [6.45, 7) is 8.19. The van der Waals surface area contributed by atoms with Crippen molar-refractivity contribution in [2.24, 2.45) is 22.6 Å². The molecule has 0 aliphatic heterocycles. The minimum Gasteiger partial charge on any atom is -0.381 e. The van der Waals surface area contributed by atoms with E-state index < -0.39 is 5.41 Å². The van der Waals surface area contributed by atoms with Crippen molar-refractivity contribution in [1.29, 1.82) is 0 Å². The Labute approximate surface area is 158 Å². The monoisotopic (exact) mass is 377 g/mol. The summed E-state index contributed by atoms with van der Waals surface area (Å²) in [6.07, 6.45) is 1.96. The first kappa shape index (κ1) is 25.4. The Balaban J connectivity index is 4.75. The van der Waals surface area contributed by atoms with Gasteiger partial charge in [0.1, 0.15) is 5.78 Å². The van der Waals surface area contributed by atoms with Crippen LogP contribution in [0.4, 0.5) is 0 Å². The fourth-order valence-corrected chi connectivity index (χ4v) is 2.16. The second-order valence-corrected chi connectivity index (χ2v) is 6.89. The first-order valence-electron chi connectivity index (χ1n) is 9.42. The quantitative estimate of drug-likeness (QED) is 0.269. The number of rotatable bonds is 19. The van der Waals surface area contributed by atoms with Gasteiger partial charge in [-0.25, -0.2) is 0 Å². The number of Topliss-reactive ketones (excluding diaryl/α,β-unsaturated/α-hetero) is 1. The lowest BCUT2D eigenvalue weighted by Gasteiger charge is -2.33. The van der Waals surface area contributed by atoms with Gasteiger partial charge in [0.05, 0.1) is 45.1 Å². The molecule has 1 atom stereocenters. The maximum absolute atomic E-state index is 11.1. The van der Waals surface area contributed by atoms with E-state index in [0.29, 0.717) is 72.4 Å². The SMILES string of the molecule is CC(=O)CCOCC(COCCCN)(COCCCN)COCC(C)N. The molecule has 0 aromatic heterocycles. The van der Waals surface area contributed by atoms with Crippen molar-refractivity contribution in [1.82, 2.24) is 0 Å². The van der Waals surface area contributed by atoms with Crippen LogP contribution in [0.5, 0.6) is 0 Å². The van der Waals surface area contributed by atoms with Crippen LogP contribution in [0.25, 0.3) is 0 Å². The van der Waals surface area contributed by atoms with Gasteiger partial charge in [0.25, 0.3) is 0 Å². The third kappa shape index (κ3) is 14.5. The van der Waals surface area contributed by atoms with E-state index in [0.717, 1.165) is 12.8 Å². The molecule has 156 valence electrons. The lowest BCUT2D eigenvalue weighted by atomic mass is 9.92. The van der Waals surface area contributed by atoms with Crippen LogP contribution < -0.4 is 17.2 Å². The molecule has 1 unspecified atom stereocenters. The van der Waals surface area contributed by atoms with Crippen molar-refractivity contribution in [2.45, 2.75) is 39.2 Å². The van der Waals surface area contributed by atoms with E-state index >= 15 is 0 Å². The van der Waals surface area contributed by atoms with E-state index in [1.165, 1.54) is 0 Å². The molecule has 6 N–H and O–H groups in total. The predicted molar refractivity (Wildman–Crippen MR) is 102 cm³/mol. The molecule has 0 aromatic rings. The summed E-state index contributed by atoms with van der Waals surface area (Å²) in [6, 6.07) is -0.0531. The van der Waals surface area contributed by atoms with Crippen molar-refractivity contribution in [2.75, 3.05) is 65.9 Å². The molecule has 8 nitrogen and oxygen atoms in total. The molecule has 0 rings (SSSR count). The van der Waals surface area contributed by atoms with E-state index in [2.05, 4.69) is 0 Å². The number of carbonyl (C=O) groups excluding carboxylic acids is 1. The molecular weight excluding hydrogens is 338 g/mol. The molecule has 26 heavy (non-hydrogen) atoms. The number of hydrogen-bond acceptors (Lipinski definition) is 8. The lowest BCUT2D eigenvalue weighted by molar-refractivity contribution is -0.121.